The molecule has 0 amide bonds. The number of ether oxygens (including phenoxy) is 1. The second-order valence-corrected chi connectivity index (χ2v) is 9.77. The lowest BCUT2D eigenvalue weighted by atomic mass is 9.76. The Labute approximate surface area is 209 Å². The van der Waals surface area contributed by atoms with Crippen molar-refractivity contribution >= 4 is 11.6 Å². The van der Waals surface area contributed by atoms with Gasteiger partial charge in [-0.25, -0.2) is 0 Å². The lowest BCUT2D eigenvalue weighted by Gasteiger charge is -2.33. The van der Waals surface area contributed by atoms with Crippen LogP contribution in [-0.4, -0.2) is 71.0 Å². The van der Waals surface area contributed by atoms with E-state index < -0.39 is 23.7 Å². The number of methoxy groups -OCH3 is 1. The van der Waals surface area contributed by atoms with Crippen LogP contribution in [0.5, 0.6) is 0 Å². The lowest BCUT2D eigenvalue weighted by Crippen LogP contribution is -2.41. The van der Waals surface area contributed by atoms with Gasteiger partial charge in [-0.1, -0.05) is 48.6 Å². The molecule has 7 nitrogen and oxygen atoms in total. The Balaban J connectivity index is 2.12. The highest BCUT2D eigenvalue weighted by atomic mass is 16.5. The average molecular weight is 490 g/mol. The van der Waals surface area contributed by atoms with Crippen LogP contribution in [0.4, 0.5) is 0 Å². The molecule has 2 rings (SSSR count). The molecule has 7 heteroatoms. The molecule has 1 aliphatic heterocycles. The fourth-order valence-electron chi connectivity index (χ4n) is 4.93. The molecular formula is C28H43NO6. The van der Waals surface area contributed by atoms with E-state index in [1.54, 1.807) is 25.3 Å². The van der Waals surface area contributed by atoms with Crippen molar-refractivity contribution in [3.05, 3.63) is 48.6 Å². The smallest absolute Gasteiger partial charge is 0.147 e. The van der Waals surface area contributed by atoms with E-state index in [9.17, 15) is 24.9 Å². The molecule has 3 unspecified atom stereocenters. The molecule has 35 heavy (non-hydrogen) atoms. The molecule has 0 aromatic carbocycles. The van der Waals surface area contributed by atoms with Gasteiger partial charge in [-0.3, -0.25) is 9.59 Å². The Morgan fingerprint density at radius 1 is 1.11 bits per heavy atom. The maximum absolute atomic E-state index is 12.8. The highest BCUT2D eigenvalue weighted by molar-refractivity contribution is 6.04. The molecule has 2 aliphatic rings. The van der Waals surface area contributed by atoms with E-state index in [-0.39, 0.29) is 42.9 Å². The van der Waals surface area contributed by atoms with Crippen LogP contribution in [0.3, 0.4) is 0 Å². The van der Waals surface area contributed by atoms with E-state index in [0.717, 1.165) is 0 Å². The van der Waals surface area contributed by atoms with Gasteiger partial charge in [0.05, 0.1) is 29.8 Å². The molecule has 0 aromatic rings. The van der Waals surface area contributed by atoms with Crippen LogP contribution in [0.25, 0.3) is 0 Å². The molecular weight excluding hydrogens is 446 g/mol. The molecule has 0 fully saturated rings. The first-order valence-electron chi connectivity index (χ1n) is 12.8. The Kier molecular flexibility index (Phi) is 12.8. The number of hydrogen-bond acceptors (Lipinski definition) is 7. The van der Waals surface area contributed by atoms with Crippen molar-refractivity contribution in [2.75, 3.05) is 20.2 Å². The number of β-amino-alcohol motifs (C(OH)–C–C–N with tert-alkyl or cyclic N) is 1. The van der Waals surface area contributed by atoms with Crippen LogP contribution in [0.15, 0.2) is 48.6 Å². The van der Waals surface area contributed by atoms with E-state index in [0.29, 0.717) is 45.2 Å². The highest BCUT2D eigenvalue weighted by Crippen LogP contribution is 2.29. The van der Waals surface area contributed by atoms with Gasteiger partial charge in [0.25, 0.3) is 0 Å². The zero-order chi connectivity index (χ0) is 25.7. The Bertz CT molecular complexity index is 788. The van der Waals surface area contributed by atoms with Gasteiger partial charge in [0.15, 0.2) is 0 Å². The van der Waals surface area contributed by atoms with E-state index >= 15 is 0 Å². The zero-order valence-electron chi connectivity index (χ0n) is 21.1. The molecule has 0 radical (unpaired) electrons. The minimum Gasteiger partial charge on any atom is -0.393 e. The van der Waals surface area contributed by atoms with Crippen molar-refractivity contribution < 1.29 is 29.6 Å². The second kappa shape index (κ2) is 15.3. The fourth-order valence-corrected chi connectivity index (χ4v) is 4.93. The summed E-state index contributed by atoms with van der Waals surface area (Å²) in [4.78, 5) is 25.2. The van der Waals surface area contributed by atoms with Gasteiger partial charge in [-0.15, -0.1) is 0 Å². The molecule has 0 saturated carbocycles. The number of ketones is 2. The first-order valence-corrected chi connectivity index (χ1v) is 12.8. The number of fused-ring (bicyclic) bond motifs is 1. The van der Waals surface area contributed by atoms with E-state index in [2.05, 4.69) is 5.32 Å². The summed E-state index contributed by atoms with van der Waals surface area (Å²) < 4.78 is 5.48. The molecule has 6 atom stereocenters. The van der Waals surface area contributed by atoms with Crippen molar-refractivity contribution in [1.29, 1.82) is 0 Å². The largest absolute Gasteiger partial charge is 0.393 e. The van der Waals surface area contributed by atoms with Crippen LogP contribution in [-0.2, 0) is 14.3 Å². The number of hydrogen-bond donors (Lipinski definition) is 4. The minimum absolute atomic E-state index is 0.0559. The number of carbonyl (C=O) groups excluding carboxylic acids is 2. The molecule has 1 aliphatic carbocycles. The van der Waals surface area contributed by atoms with Gasteiger partial charge in [0, 0.05) is 39.3 Å². The molecule has 0 aromatic heterocycles. The summed E-state index contributed by atoms with van der Waals surface area (Å²) in [7, 11) is 1.60. The third-order valence-electron chi connectivity index (χ3n) is 6.82. The van der Waals surface area contributed by atoms with Crippen molar-refractivity contribution in [3.63, 3.8) is 0 Å². The van der Waals surface area contributed by atoms with Crippen molar-refractivity contribution in [2.45, 2.75) is 82.2 Å². The van der Waals surface area contributed by atoms with E-state index in [1.165, 1.54) is 0 Å². The molecule has 0 bridgehead atoms. The Hall–Kier alpha value is -1.90. The third kappa shape index (κ3) is 10.3. The van der Waals surface area contributed by atoms with Crippen molar-refractivity contribution in [1.82, 2.24) is 5.32 Å². The Morgan fingerprint density at radius 2 is 1.83 bits per heavy atom. The van der Waals surface area contributed by atoms with Crippen LogP contribution >= 0.6 is 0 Å². The van der Waals surface area contributed by atoms with Gasteiger partial charge in [0.2, 0.25) is 0 Å². The van der Waals surface area contributed by atoms with Gasteiger partial charge >= 0.3 is 0 Å². The Morgan fingerprint density at radius 3 is 2.54 bits per heavy atom. The number of nitrogens with one attached hydrogen (secondary N) is 1. The number of allylic oxidation sites excluding steroid dienone is 6. The third-order valence-corrected chi connectivity index (χ3v) is 6.82. The van der Waals surface area contributed by atoms with Crippen molar-refractivity contribution in [2.24, 2.45) is 11.8 Å². The van der Waals surface area contributed by atoms with Gasteiger partial charge < -0.3 is 25.4 Å². The minimum atomic E-state index is -1.14. The van der Waals surface area contributed by atoms with Crippen LogP contribution in [0, 0.1) is 11.8 Å². The summed E-state index contributed by atoms with van der Waals surface area (Å²) >= 11 is 0. The molecule has 196 valence electrons. The molecule has 4 N–H and O–H groups in total. The standard InChI is InChI=1S/C28H43NO6/c1-3-9-24(35-2)19-28(34)16-17-29-20-23(31)15-14-21-10-8-13-26(33)27(21)25(32)12-7-5-4-6-11-22(30)18-28/h3-10,21-24,27,29-31,34H,11-20H2,1-2H3/b6-4+,7-5+,9-3+/t21?,22-,23-,24?,27?,28+/m1/s1. The SMILES string of the molecule is C/C=C/C(C[C@]1(O)CCNC[C@H](O)CCC2C=CCC(=O)C2C(=O)C/C=C/C=C/C[C@@H](O)C1)OC. The maximum atomic E-state index is 12.8. The number of Topliss-reactive ketones (excluding diaryl/α,β-unsaturated/α-hetero) is 2. The lowest BCUT2D eigenvalue weighted by molar-refractivity contribution is -0.134. The van der Waals surface area contributed by atoms with Crippen molar-refractivity contribution in [3.8, 4) is 0 Å². The summed E-state index contributed by atoms with van der Waals surface area (Å²) in [6.07, 6.45) is 15.7. The van der Waals surface area contributed by atoms with Gasteiger partial charge in [-0.05, 0) is 45.1 Å². The monoisotopic (exact) mass is 489 g/mol. The summed E-state index contributed by atoms with van der Waals surface area (Å²) in [6.45, 7) is 2.71. The van der Waals surface area contributed by atoms with Gasteiger partial charge in [-0.2, -0.15) is 0 Å². The first-order chi connectivity index (χ1) is 16.8. The first kappa shape index (κ1) is 29.3. The molecule has 1 heterocycles. The van der Waals surface area contributed by atoms with Crippen LogP contribution in [0.2, 0.25) is 0 Å². The predicted molar refractivity (Wildman–Crippen MR) is 137 cm³/mol. The van der Waals surface area contributed by atoms with Gasteiger partial charge in [0.1, 0.15) is 11.6 Å². The normalized spacial score (nSPS) is 35.0. The van der Waals surface area contributed by atoms with E-state index in [4.69, 9.17) is 4.74 Å². The predicted octanol–water partition coefficient (Wildman–Crippen LogP) is 2.81. The topological polar surface area (TPSA) is 116 Å². The summed E-state index contributed by atoms with van der Waals surface area (Å²) in [5.41, 5.74) is -1.14. The summed E-state index contributed by atoms with van der Waals surface area (Å²) in [5, 5.41) is 35.6. The molecule has 0 saturated heterocycles. The van der Waals surface area contributed by atoms with Crippen LogP contribution < -0.4 is 5.32 Å². The van der Waals surface area contributed by atoms with E-state index in [1.807, 2.05) is 37.3 Å². The van der Waals surface area contributed by atoms with Crippen LogP contribution in [0.1, 0.15) is 58.3 Å². The summed E-state index contributed by atoms with van der Waals surface area (Å²) in [5.74, 6) is -1.00. The highest BCUT2D eigenvalue weighted by Gasteiger charge is 2.34. The quantitative estimate of drug-likeness (QED) is 0.354. The summed E-state index contributed by atoms with van der Waals surface area (Å²) in [6, 6.07) is 0. The maximum Gasteiger partial charge on any atom is 0.147 e. The number of rotatable bonds is 4. The zero-order valence-corrected chi connectivity index (χ0v) is 21.1. The average Bonchev–Trinajstić information content (AvgIpc) is 2.81. The number of carbonyl (C=O) groups is 2. The number of aliphatic hydroxyl groups is 3. The second-order valence-electron chi connectivity index (χ2n) is 9.77. The molecule has 0 spiro atoms. The number of aliphatic hydroxyl groups excluding tert-OH is 2. The fraction of sp³-hybridized carbons (Fsp3) is 0.643.